The van der Waals surface area contributed by atoms with Crippen molar-refractivity contribution < 1.29 is 17.9 Å². The second kappa shape index (κ2) is 8.43. The van der Waals surface area contributed by atoms with Crippen LogP contribution < -0.4 is 9.46 Å². The Morgan fingerprint density at radius 2 is 1.63 bits per heavy atom. The summed E-state index contributed by atoms with van der Waals surface area (Å²) < 4.78 is 32.5. The first-order valence-electron chi connectivity index (χ1n) is 9.01. The Labute approximate surface area is 160 Å². The summed E-state index contributed by atoms with van der Waals surface area (Å²) in [5.74, 6) is 0.720. The minimum atomic E-state index is -3.67. The highest BCUT2D eigenvalue weighted by atomic mass is 32.2. The summed E-state index contributed by atoms with van der Waals surface area (Å²) in [5.41, 5.74) is 1.33. The van der Waals surface area contributed by atoms with Crippen LogP contribution >= 0.6 is 0 Å². The largest absolute Gasteiger partial charge is 0.497 e. The Bertz CT molecular complexity index is 871. The fourth-order valence-corrected chi connectivity index (χ4v) is 4.15. The van der Waals surface area contributed by atoms with E-state index in [1.165, 1.54) is 25.7 Å². The zero-order chi connectivity index (χ0) is 19.3. The molecule has 1 aliphatic heterocycles. The van der Waals surface area contributed by atoms with Crippen LogP contribution in [-0.2, 0) is 21.2 Å². The molecule has 7 heteroatoms. The smallest absolute Gasteiger partial charge is 0.261 e. The highest BCUT2D eigenvalue weighted by Gasteiger charge is 2.17. The Kier molecular flexibility index (Phi) is 6.01. The zero-order valence-corrected chi connectivity index (χ0v) is 16.2. The third kappa shape index (κ3) is 5.01. The number of methoxy groups -OCH3 is 1. The third-order valence-corrected chi connectivity index (χ3v) is 6.04. The second-order valence-electron chi connectivity index (χ2n) is 6.60. The molecule has 1 heterocycles. The van der Waals surface area contributed by atoms with Crippen LogP contribution in [0, 0.1) is 0 Å². The Hall–Kier alpha value is -2.54. The van der Waals surface area contributed by atoms with E-state index in [0.717, 1.165) is 31.5 Å². The molecule has 0 unspecified atom stereocenters. The molecule has 1 saturated heterocycles. The number of carbonyl (C=O) groups excluding carboxylic acids is 1. The minimum Gasteiger partial charge on any atom is -0.497 e. The number of likely N-dealkylation sites (tertiary alicyclic amines) is 1. The van der Waals surface area contributed by atoms with Crippen LogP contribution in [0.25, 0.3) is 0 Å². The van der Waals surface area contributed by atoms with Crippen molar-refractivity contribution in [3.63, 3.8) is 0 Å². The van der Waals surface area contributed by atoms with Gasteiger partial charge < -0.3 is 9.64 Å². The average Bonchev–Trinajstić information content (AvgIpc) is 2.70. The lowest BCUT2D eigenvalue weighted by atomic mass is 10.1. The lowest BCUT2D eigenvalue weighted by Crippen LogP contribution is -2.36. The Morgan fingerprint density at radius 3 is 2.22 bits per heavy atom. The number of nitrogens with zero attached hydrogens (tertiary/aromatic N) is 1. The topological polar surface area (TPSA) is 75.7 Å². The molecule has 1 aliphatic rings. The van der Waals surface area contributed by atoms with Crippen molar-refractivity contribution in [1.29, 1.82) is 0 Å². The number of amides is 1. The standard InChI is InChI=1S/C20H24N2O4S/c1-26-18-9-11-19(12-10-18)27(24,25)21-17-7-5-16(6-8-17)15-20(23)22-13-3-2-4-14-22/h5-12,21H,2-4,13-15H2,1H3. The van der Waals surface area contributed by atoms with Crippen molar-refractivity contribution in [2.24, 2.45) is 0 Å². The summed E-state index contributed by atoms with van der Waals surface area (Å²) in [4.78, 5) is 14.4. The Morgan fingerprint density at radius 1 is 1.00 bits per heavy atom. The molecule has 1 fully saturated rings. The predicted octanol–water partition coefficient (Wildman–Crippen LogP) is 3.05. The molecule has 1 amide bonds. The van der Waals surface area contributed by atoms with Crippen molar-refractivity contribution in [3.8, 4) is 5.75 Å². The molecular formula is C20H24N2O4S. The molecule has 27 heavy (non-hydrogen) atoms. The van der Waals surface area contributed by atoms with Crippen LogP contribution in [0.5, 0.6) is 5.75 Å². The van der Waals surface area contributed by atoms with E-state index in [0.29, 0.717) is 17.9 Å². The van der Waals surface area contributed by atoms with Crippen molar-refractivity contribution in [3.05, 3.63) is 54.1 Å². The summed E-state index contributed by atoms with van der Waals surface area (Å²) in [7, 11) is -2.14. The van der Waals surface area contributed by atoms with Gasteiger partial charge in [-0.3, -0.25) is 9.52 Å². The van der Waals surface area contributed by atoms with Gasteiger partial charge in [-0.2, -0.15) is 0 Å². The molecule has 0 bridgehead atoms. The van der Waals surface area contributed by atoms with E-state index in [1.807, 2.05) is 4.90 Å². The van der Waals surface area contributed by atoms with E-state index >= 15 is 0 Å². The normalized spacial score (nSPS) is 14.6. The maximum absolute atomic E-state index is 12.5. The Balaban J connectivity index is 1.63. The van der Waals surface area contributed by atoms with Crippen LogP contribution in [0.4, 0.5) is 5.69 Å². The van der Waals surface area contributed by atoms with Crippen molar-refractivity contribution >= 4 is 21.6 Å². The number of sulfonamides is 1. The first-order chi connectivity index (χ1) is 13.0. The van der Waals surface area contributed by atoms with E-state index in [2.05, 4.69) is 4.72 Å². The van der Waals surface area contributed by atoms with Crippen molar-refractivity contribution in [2.75, 3.05) is 24.9 Å². The first kappa shape index (κ1) is 19.2. The molecule has 0 saturated carbocycles. The van der Waals surface area contributed by atoms with E-state index in [-0.39, 0.29) is 10.8 Å². The van der Waals surface area contributed by atoms with Crippen LogP contribution in [0.15, 0.2) is 53.4 Å². The number of ether oxygens (including phenoxy) is 1. The number of piperidine rings is 1. The van der Waals surface area contributed by atoms with Gasteiger partial charge in [0.25, 0.3) is 10.0 Å². The van der Waals surface area contributed by atoms with Gasteiger partial charge in [0.15, 0.2) is 0 Å². The lowest BCUT2D eigenvalue weighted by molar-refractivity contribution is -0.131. The molecule has 2 aromatic carbocycles. The van der Waals surface area contributed by atoms with Gasteiger partial charge in [-0.1, -0.05) is 12.1 Å². The number of anilines is 1. The monoisotopic (exact) mass is 388 g/mol. The number of rotatable bonds is 6. The molecule has 1 N–H and O–H groups in total. The van der Waals surface area contributed by atoms with Gasteiger partial charge in [-0.15, -0.1) is 0 Å². The molecule has 2 aromatic rings. The number of hydrogen-bond acceptors (Lipinski definition) is 4. The molecule has 0 aromatic heterocycles. The van der Waals surface area contributed by atoms with E-state index in [9.17, 15) is 13.2 Å². The highest BCUT2D eigenvalue weighted by molar-refractivity contribution is 7.92. The van der Waals surface area contributed by atoms with E-state index in [4.69, 9.17) is 4.74 Å². The maximum Gasteiger partial charge on any atom is 0.261 e. The van der Waals surface area contributed by atoms with Gasteiger partial charge in [-0.25, -0.2) is 8.42 Å². The molecule has 0 radical (unpaired) electrons. The van der Waals surface area contributed by atoms with Gasteiger partial charge in [0.1, 0.15) is 5.75 Å². The number of hydrogen-bond donors (Lipinski definition) is 1. The maximum atomic E-state index is 12.5. The highest BCUT2D eigenvalue weighted by Crippen LogP contribution is 2.20. The SMILES string of the molecule is COc1ccc(S(=O)(=O)Nc2ccc(CC(=O)N3CCCCC3)cc2)cc1. The third-order valence-electron chi connectivity index (χ3n) is 4.64. The van der Waals surface area contributed by atoms with Gasteiger partial charge in [-0.05, 0) is 61.2 Å². The summed E-state index contributed by atoms with van der Waals surface area (Å²) in [6, 6.07) is 13.1. The van der Waals surface area contributed by atoms with Crippen molar-refractivity contribution in [2.45, 2.75) is 30.6 Å². The quantitative estimate of drug-likeness (QED) is 0.825. The summed E-state index contributed by atoms with van der Waals surface area (Å²) in [6.45, 7) is 1.66. The molecule has 144 valence electrons. The minimum absolute atomic E-state index is 0.126. The van der Waals surface area contributed by atoms with E-state index in [1.54, 1.807) is 36.4 Å². The molecule has 3 rings (SSSR count). The molecule has 0 aliphatic carbocycles. The zero-order valence-electron chi connectivity index (χ0n) is 15.3. The van der Waals surface area contributed by atoms with Gasteiger partial charge in [0.05, 0.1) is 18.4 Å². The summed E-state index contributed by atoms with van der Waals surface area (Å²) in [6.07, 6.45) is 3.66. The average molecular weight is 388 g/mol. The second-order valence-corrected chi connectivity index (χ2v) is 8.28. The lowest BCUT2D eigenvalue weighted by Gasteiger charge is -2.26. The molecule has 0 atom stereocenters. The predicted molar refractivity (Wildman–Crippen MR) is 104 cm³/mol. The fourth-order valence-electron chi connectivity index (χ4n) is 3.09. The van der Waals surface area contributed by atoms with Crippen LogP contribution in [0.2, 0.25) is 0 Å². The summed E-state index contributed by atoms with van der Waals surface area (Å²) in [5, 5.41) is 0. The number of benzene rings is 2. The van der Waals surface area contributed by atoms with E-state index < -0.39 is 10.0 Å². The van der Waals surface area contributed by atoms with Gasteiger partial charge in [0.2, 0.25) is 5.91 Å². The number of nitrogens with one attached hydrogen (secondary N) is 1. The van der Waals surface area contributed by atoms with Crippen LogP contribution in [0.3, 0.4) is 0 Å². The van der Waals surface area contributed by atoms with Gasteiger partial charge in [0, 0.05) is 18.8 Å². The van der Waals surface area contributed by atoms with Gasteiger partial charge >= 0.3 is 0 Å². The van der Waals surface area contributed by atoms with Crippen LogP contribution in [-0.4, -0.2) is 39.4 Å². The summed E-state index contributed by atoms with van der Waals surface area (Å²) >= 11 is 0. The fraction of sp³-hybridized carbons (Fsp3) is 0.350. The number of carbonyl (C=O) groups is 1. The molecule has 6 nitrogen and oxygen atoms in total. The van der Waals surface area contributed by atoms with Crippen LogP contribution in [0.1, 0.15) is 24.8 Å². The molecular weight excluding hydrogens is 364 g/mol. The van der Waals surface area contributed by atoms with Crippen molar-refractivity contribution in [1.82, 2.24) is 4.90 Å². The first-order valence-corrected chi connectivity index (χ1v) is 10.5. The molecule has 0 spiro atoms.